The van der Waals surface area contributed by atoms with Crippen molar-refractivity contribution in [3.05, 3.63) is 71.5 Å². The standard InChI is InChI=1S/C20H18N2O7S/c1-12-10-14(6-7-15(12)22-9-3-4-16(22)20(25)26)21-30(27,28)18-11-13(19(23)24)5-8-17(18)29-2/h3-11,21H,1-2H3,(H,23,24)(H,25,26). The van der Waals surface area contributed by atoms with Gasteiger partial charge < -0.3 is 19.5 Å². The Labute approximate surface area is 172 Å². The zero-order valence-electron chi connectivity index (χ0n) is 16.0. The average molecular weight is 430 g/mol. The van der Waals surface area contributed by atoms with Crippen LogP contribution in [-0.2, 0) is 10.0 Å². The third-order valence-corrected chi connectivity index (χ3v) is 5.78. The maximum atomic E-state index is 12.9. The fraction of sp³-hybridized carbons (Fsp3) is 0.100. The van der Waals surface area contributed by atoms with Crippen molar-refractivity contribution in [3.63, 3.8) is 0 Å². The highest BCUT2D eigenvalue weighted by Gasteiger charge is 2.22. The molecule has 1 heterocycles. The Hall–Kier alpha value is -3.79. The number of ether oxygens (including phenoxy) is 1. The molecular formula is C20H18N2O7S. The fourth-order valence-corrected chi connectivity index (χ4v) is 4.23. The van der Waals surface area contributed by atoms with E-state index in [0.29, 0.717) is 11.3 Å². The van der Waals surface area contributed by atoms with Crippen molar-refractivity contribution < 1.29 is 33.0 Å². The lowest BCUT2D eigenvalue weighted by atomic mass is 10.1. The lowest BCUT2D eigenvalue weighted by Gasteiger charge is -2.15. The van der Waals surface area contributed by atoms with Crippen molar-refractivity contribution in [1.29, 1.82) is 0 Å². The first-order chi connectivity index (χ1) is 14.1. The van der Waals surface area contributed by atoms with E-state index in [2.05, 4.69) is 4.72 Å². The minimum absolute atomic E-state index is 0.000664. The van der Waals surface area contributed by atoms with Gasteiger partial charge in [-0.25, -0.2) is 18.0 Å². The summed E-state index contributed by atoms with van der Waals surface area (Å²) < 4.78 is 34.7. The van der Waals surface area contributed by atoms with Gasteiger partial charge in [0.2, 0.25) is 0 Å². The minimum Gasteiger partial charge on any atom is -0.495 e. The van der Waals surface area contributed by atoms with Crippen molar-refractivity contribution >= 4 is 27.6 Å². The second-order valence-electron chi connectivity index (χ2n) is 6.35. The number of benzene rings is 2. The molecule has 0 fully saturated rings. The van der Waals surface area contributed by atoms with Gasteiger partial charge in [0.25, 0.3) is 10.0 Å². The maximum Gasteiger partial charge on any atom is 0.352 e. The highest BCUT2D eigenvalue weighted by atomic mass is 32.2. The van der Waals surface area contributed by atoms with Crippen LogP contribution in [0.25, 0.3) is 5.69 Å². The van der Waals surface area contributed by atoms with Crippen molar-refractivity contribution in [1.82, 2.24) is 4.57 Å². The Morgan fingerprint density at radius 3 is 2.37 bits per heavy atom. The minimum atomic E-state index is -4.16. The number of carbonyl (C=O) groups is 2. The van der Waals surface area contributed by atoms with E-state index in [9.17, 15) is 23.1 Å². The van der Waals surface area contributed by atoms with Crippen LogP contribution in [0, 0.1) is 6.92 Å². The Kier molecular flexibility index (Phi) is 5.52. The smallest absolute Gasteiger partial charge is 0.352 e. The van der Waals surface area contributed by atoms with Gasteiger partial charge in [-0.15, -0.1) is 0 Å². The summed E-state index contributed by atoms with van der Waals surface area (Å²) in [7, 11) is -2.87. The van der Waals surface area contributed by atoms with Gasteiger partial charge in [-0.2, -0.15) is 0 Å². The number of aromatic nitrogens is 1. The molecule has 0 unspecified atom stereocenters. The number of nitrogens with zero attached hydrogens (tertiary/aromatic N) is 1. The number of nitrogens with one attached hydrogen (secondary N) is 1. The van der Waals surface area contributed by atoms with Gasteiger partial charge in [0.1, 0.15) is 16.3 Å². The average Bonchev–Trinajstić information content (AvgIpc) is 3.17. The lowest BCUT2D eigenvalue weighted by Crippen LogP contribution is -2.15. The Morgan fingerprint density at radius 1 is 1.03 bits per heavy atom. The topological polar surface area (TPSA) is 135 Å². The molecule has 0 radical (unpaired) electrons. The molecular weight excluding hydrogens is 412 g/mol. The third-order valence-electron chi connectivity index (χ3n) is 4.38. The molecule has 10 heteroatoms. The molecule has 0 amide bonds. The van der Waals surface area contributed by atoms with Crippen LogP contribution in [0.4, 0.5) is 5.69 Å². The Morgan fingerprint density at radius 2 is 1.77 bits per heavy atom. The second-order valence-corrected chi connectivity index (χ2v) is 8.00. The van der Waals surface area contributed by atoms with E-state index >= 15 is 0 Å². The molecule has 0 atom stereocenters. The van der Waals surface area contributed by atoms with Crippen LogP contribution in [0.3, 0.4) is 0 Å². The summed E-state index contributed by atoms with van der Waals surface area (Å²) in [6, 6.07) is 11.2. The van der Waals surface area contributed by atoms with Crippen LogP contribution in [0.1, 0.15) is 26.4 Å². The largest absolute Gasteiger partial charge is 0.495 e. The van der Waals surface area contributed by atoms with Crippen LogP contribution in [0.15, 0.2) is 59.6 Å². The van der Waals surface area contributed by atoms with Crippen LogP contribution in [-0.4, -0.2) is 42.2 Å². The van der Waals surface area contributed by atoms with E-state index in [0.717, 1.165) is 6.07 Å². The number of rotatable bonds is 7. The van der Waals surface area contributed by atoms with Gasteiger partial charge in [-0.05, 0) is 61.0 Å². The van der Waals surface area contributed by atoms with Crippen molar-refractivity contribution in [2.75, 3.05) is 11.8 Å². The van der Waals surface area contributed by atoms with E-state index in [-0.39, 0.29) is 27.6 Å². The van der Waals surface area contributed by atoms with E-state index in [4.69, 9.17) is 9.84 Å². The van der Waals surface area contributed by atoms with Gasteiger partial charge in [-0.1, -0.05) is 0 Å². The van der Waals surface area contributed by atoms with Gasteiger partial charge in [0.15, 0.2) is 0 Å². The lowest BCUT2D eigenvalue weighted by molar-refractivity contribution is 0.0681. The first kappa shape index (κ1) is 20.9. The molecule has 30 heavy (non-hydrogen) atoms. The highest BCUT2D eigenvalue weighted by molar-refractivity contribution is 7.92. The molecule has 0 bridgehead atoms. The Bertz CT molecular complexity index is 1250. The number of anilines is 1. The summed E-state index contributed by atoms with van der Waals surface area (Å²) >= 11 is 0. The van der Waals surface area contributed by atoms with Crippen LogP contribution < -0.4 is 9.46 Å². The fourth-order valence-electron chi connectivity index (χ4n) is 2.98. The molecule has 1 aromatic heterocycles. The first-order valence-electron chi connectivity index (χ1n) is 8.60. The monoisotopic (exact) mass is 430 g/mol. The summed E-state index contributed by atoms with van der Waals surface area (Å²) in [6.45, 7) is 1.71. The summed E-state index contributed by atoms with van der Waals surface area (Å²) in [6.07, 6.45) is 1.60. The van der Waals surface area contributed by atoms with Crippen molar-refractivity contribution in [2.24, 2.45) is 0 Å². The van der Waals surface area contributed by atoms with Crippen molar-refractivity contribution in [3.8, 4) is 11.4 Å². The molecule has 9 nitrogen and oxygen atoms in total. The van der Waals surface area contributed by atoms with Crippen LogP contribution in [0.2, 0.25) is 0 Å². The van der Waals surface area contributed by atoms with E-state index < -0.39 is 22.0 Å². The quantitative estimate of drug-likeness (QED) is 0.524. The van der Waals surface area contributed by atoms with Crippen LogP contribution in [0.5, 0.6) is 5.75 Å². The molecule has 2 aromatic carbocycles. The Balaban J connectivity index is 1.98. The van der Waals surface area contributed by atoms with Gasteiger partial charge in [0.05, 0.1) is 12.7 Å². The molecule has 3 rings (SSSR count). The van der Waals surface area contributed by atoms with E-state index in [1.807, 2.05) is 0 Å². The number of hydrogen-bond donors (Lipinski definition) is 3. The summed E-state index contributed by atoms with van der Waals surface area (Å²) in [4.78, 5) is 22.2. The van der Waals surface area contributed by atoms with E-state index in [1.165, 1.54) is 35.9 Å². The van der Waals surface area contributed by atoms with E-state index in [1.54, 1.807) is 31.3 Å². The van der Waals surface area contributed by atoms with Gasteiger partial charge in [-0.3, -0.25) is 4.72 Å². The molecule has 3 N–H and O–H groups in total. The maximum absolute atomic E-state index is 12.9. The second kappa shape index (κ2) is 7.91. The first-order valence-corrected chi connectivity index (χ1v) is 10.1. The third kappa shape index (κ3) is 3.98. The number of carboxylic acids is 2. The number of sulfonamides is 1. The van der Waals surface area contributed by atoms with Gasteiger partial charge in [0, 0.05) is 17.6 Å². The molecule has 0 saturated heterocycles. The number of carboxylic acid groups (broad SMARTS) is 2. The number of aromatic carboxylic acids is 2. The zero-order chi connectivity index (χ0) is 22.1. The molecule has 0 saturated carbocycles. The molecule has 0 aliphatic carbocycles. The SMILES string of the molecule is COc1ccc(C(=O)O)cc1S(=O)(=O)Nc1ccc(-n2cccc2C(=O)O)c(C)c1. The molecule has 0 spiro atoms. The van der Waals surface area contributed by atoms with Gasteiger partial charge >= 0.3 is 11.9 Å². The molecule has 156 valence electrons. The molecule has 3 aromatic rings. The summed E-state index contributed by atoms with van der Waals surface area (Å²) in [5.41, 5.74) is 1.30. The predicted molar refractivity (Wildman–Crippen MR) is 108 cm³/mol. The molecule has 0 aliphatic rings. The molecule has 0 aliphatic heterocycles. The van der Waals surface area contributed by atoms with Crippen LogP contribution >= 0.6 is 0 Å². The highest BCUT2D eigenvalue weighted by Crippen LogP contribution is 2.28. The van der Waals surface area contributed by atoms with Crippen molar-refractivity contribution in [2.45, 2.75) is 11.8 Å². The normalized spacial score (nSPS) is 11.1. The predicted octanol–water partition coefficient (Wildman–Crippen LogP) is 2.99. The zero-order valence-corrected chi connectivity index (χ0v) is 16.8. The summed E-state index contributed by atoms with van der Waals surface area (Å²) in [5, 5.41) is 18.4. The number of aryl methyl sites for hydroxylation is 1. The number of hydrogen-bond acceptors (Lipinski definition) is 5. The summed E-state index contributed by atoms with van der Waals surface area (Å²) in [5.74, 6) is -2.36. The number of methoxy groups -OCH3 is 1.